The molecule has 0 spiro atoms. The lowest BCUT2D eigenvalue weighted by Crippen LogP contribution is -2.43. The summed E-state index contributed by atoms with van der Waals surface area (Å²) in [6.45, 7) is 6.21. The lowest BCUT2D eigenvalue weighted by Gasteiger charge is -2.31. The van der Waals surface area contributed by atoms with Crippen molar-refractivity contribution in [1.29, 1.82) is 0 Å². The van der Waals surface area contributed by atoms with Crippen molar-refractivity contribution >= 4 is 22.8 Å². The normalized spacial score (nSPS) is 15.2. The number of nitrogens with zero attached hydrogens (tertiary/aromatic N) is 4. The molecule has 3 rings (SSSR count). The first-order chi connectivity index (χ1) is 13.4. The third-order valence-corrected chi connectivity index (χ3v) is 5.30. The topological polar surface area (TPSA) is 89.3 Å². The van der Waals surface area contributed by atoms with Crippen LogP contribution in [-0.2, 0) is 16.6 Å². The molecule has 0 bridgehead atoms. The van der Waals surface area contributed by atoms with Gasteiger partial charge in [0, 0.05) is 52.0 Å². The van der Waals surface area contributed by atoms with Crippen molar-refractivity contribution < 1.29 is 14.3 Å². The SMILES string of the molecule is COCCCNC(=O)C1CCN(C(=O)c2cc(C)nc3c2c(C)nn3C)CC1. The molecule has 8 nitrogen and oxygen atoms in total. The predicted octanol–water partition coefficient (Wildman–Crippen LogP) is 1.59. The lowest BCUT2D eigenvalue weighted by atomic mass is 9.95. The molecule has 2 amide bonds. The lowest BCUT2D eigenvalue weighted by molar-refractivity contribution is -0.126. The molecule has 0 unspecified atom stereocenters. The summed E-state index contributed by atoms with van der Waals surface area (Å²) in [5, 5.41) is 8.20. The monoisotopic (exact) mass is 387 g/mol. The number of rotatable bonds is 6. The van der Waals surface area contributed by atoms with E-state index in [1.807, 2.05) is 31.9 Å². The number of hydrogen-bond donors (Lipinski definition) is 1. The van der Waals surface area contributed by atoms with Gasteiger partial charge in [0.25, 0.3) is 5.91 Å². The molecule has 28 heavy (non-hydrogen) atoms. The highest BCUT2D eigenvalue weighted by atomic mass is 16.5. The van der Waals surface area contributed by atoms with Crippen LogP contribution in [0, 0.1) is 19.8 Å². The maximum absolute atomic E-state index is 13.2. The Morgan fingerprint density at radius 1 is 1.29 bits per heavy atom. The zero-order valence-electron chi connectivity index (χ0n) is 17.1. The first-order valence-corrected chi connectivity index (χ1v) is 9.79. The molecule has 8 heteroatoms. The van der Waals surface area contributed by atoms with Crippen LogP contribution in [0.5, 0.6) is 0 Å². The summed E-state index contributed by atoms with van der Waals surface area (Å²) in [7, 11) is 3.49. The van der Waals surface area contributed by atoms with Crippen LogP contribution < -0.4 is 5.32 Å². The number of carbonyl (C=O) groups excluding carboxylic acids is 2. The summed E-state index contributed by atoms with van der Waals surface area (Å²) in [4.78, 5) is 31.9. The first kappa shape index (κ1) is 20.3. The van der Waals surface area contributed by atoms with E-state index in [1.165, 1.54) is 0 Å². The van der Waals surface area contributed by atoms with E-state index in [-0.39, 0.29) is 17.7 Å². The fourth-order valence-electron chi connectivity index (χ4n) is 3.83. The Morgan fingerprint density at radius 2 is 2.00 bits per heavy atom. The molecule has 1 aliphatic rings. The summed E-state index contributed by atoms with van der Waals surface area (Å²) in [5.41, 5.74) is 2.98. The minimum Gasteiger partial charge on any atom is -0.385 e. The van der Waals surface area contributed by atoms with Gasteiger partial charge in [-0.1, -0.05) is 0 Å². The molecular weight excluding hydrogens is 358 g/mol. The van der Waals surface area contributed by atoms with Gasteiger partial charge in [-0.25, -0.2) is 4.98 Å². The molecule has 0 atom stereocenters. The van der Waals surface area contributed by atoms with E-state index in [1.54, 1.807) is 11.8 Å². The second kappa shape index (κ2) is 8.68. The van der Waals surface area contributed by atoms with Crippen LogP contribution in [0.2, 0.25) is 0 Å². The van der Waals surface area contributed by atoms with Crippen molar-refractivity contribution in [2.24, 2.45) is 13.0 Å². The molecular formula is C20H29N5O3. The van der Waals surface area contributed by atoms with Gasteiger partial charge in [-0.2, -0.15) is 5.10 Å². The molecule has 0 aliphatic carbocycles. The maximum atomic E-state index is 13.2. The number of carbonyl (C=O) groups is 2. The molecule has 2 aromatic rings. The summed E-state index contributed by atoms with van der Waals surface area (Å²) >= 11 is 0. The van der Waals surface area contributed by atoms with Gasteiger partial charge < -0.3 is 15.0 Å². The highest BCUT2D eigenvalue weighted by molar-refractivity contribution is 6.06. The Bertz CT molecular complexity index is 868. The van der Waals surface area contributed by atoms with Crippen molar-refractivity contribution in [3.63, 3.8) is 0 Å². The van der Waals surface area contributed by atoms with Gasteiger partial charge in [0.2, 0.25) is 5.91 Å². The molecule has 2 aromatic heterocycles. The molecule has 3 heterocycles. The Kier molecular flexibility index (Phi) is 6.28. The smallest absolute Gasteiger partial charge is 0.254 e. The van der Waals surface area contributed by atoms with Crippen molar-refractivity contribution in [1.82, 2.24) is 25.0 Å². The van der Waals surface area contributed by atoms with Crippen LogP contribution in [0.25, 0.3) is 11.0 Å². The standard InChI is InChI=1S/C20H29N5O3/c1-13-12-16(17-14(2)23-24(3)18(17)22-13)20(27)25-9-6-15(7-10-25)19(26)21-8-5-11-28-4/h12,15H,5-11H2,1-4H3,(H,21,26). The van der Waals surface area contributed by atoms with E-state index < -0.39 is 0 Å². The van der Waals surface area contributed by atoms with Gasteiger partial charge in [-0.3, -0.25) is 14.3 Å². The molecule has 1 fully saturated rings. The molecule has 0 saturated carbocycles. The van der Waals surface area contributed by atoms with Crippen molar-refractivity contribution in [2.45, 2.75) is 33.1 Å². The highest BCUT2D eigenvalue weighted by Gasteiger charge is 2.29. The van der Waals surface area contributed by atoms with E-state index >= 15 is 0 Å². The van der Waals surface area contributed by atoms with E-state index in [2.05, 4.69) is 15.4 Å². The Hall–Kier alpha value is -2.48. The zero-order valence-corrected chi connectivity index (χ0v) is 17.1. The predicted molar refractivity (Wildman–Crippen MR) is 106 cm³/mol. The number of piperidine rings is 1. The number of hydrogen-bond acceptors (Lipinski definition) is 5. The van der Waals surface area contributed by atoms with Gasteiger partial charge in [0.05, 0.1) is 16.6 Å². The third-order valence-electron chi connectivity index (χ3n) is 5.30. The number of likely N-dealkylation sites (tertiary alicyclic amines) is 1. The molecule has 1 N–H and O–H groups in total. The Balaban J connectivity index is 1.66. The second-order valence-electron chi connectivity index (χ2n) is 7.42. The summed E-state index contributed by atoms with van der Waals surface area (Å²) in [6, 6.07) is 1.84. The van der Waals surface area contributed by atoms with Crippen LogP contribution in [0.3, 0.4) is 0 Å². The van der Waals surface area contributed by atoms with E-state index in [4.69, 9.17) is 4.74 Å². The van der Waals surface area contributed by atoms with Crippen LogP contribution in [0.1, 0.15) is 41.0 Å². The highest BCUT2D eigenvalue weighted by Crippen LogP contribution is 2.25. The van der Waals surface area contributed by atoms with Crippen LogP contribution in [0.4, 0.5) is 0 Å². The summed E-state index contributed by atoms with van der Waals surface area (Å²) < 4.78 is 6.71. The van der Waals surface area contributed by atoms with E-state index in [0.29, 0.717) is 44.6 Å². The van der Waals surface area contributed by atoms with Gasteiger partial charge in [0.15, 0.2) is 5.65 Å². The fraction of sp³-hybridized carbons (Fsp3) is 0.600. The molecule has 1 saturated heterocycles. The largest absolute Gasteiger partial charge is 0.385 e. The van der Waals surface area contributed by atoms with Crippen molar-refractivity contribution in [3.8, 4) is 0 Å². The number of methoxy groups -OCH3 is 1. The number of amides is 2. The Morgan fingerprint density at radius 3 is 2.68 bits per heavy atom. The minimum atomic E-state index is -0.0362. The molecule has 1 aliphatic heterocycles. The van der Waals surface area contributed by atoms with Crippen LogP contribution in [-0.4, -0.2) is 64.8 Å². The number of aromatic nitrogens is 3. The minimum absolute atomic E-state index is 0.00875. The van der Waals surface area contributed by atoms with Crippen molar-refractivity contribution in [2.75, 3.05) is 33.4 Å². The number of aryl methyl sites for hydroxylation is 3. The van der Waals surface area contributed by atoms with Gasteiger partial charge in [-0.15, -0.1) is 0 Å². The zero-order chi connectivity index (χ0) is 20.3. The fourth-order valence-corrected chi connectivity index (χ4v) is 3.83. The summed E-state index contributed by atoms with van der Waals surface area (Å²) in [5.74, 6) is 0.0323. The van der Waals surface area contributed by atoms with Gasteiger partial charge >= 0.3 is 0 Å². The number of nitrogens with one attached hydrogen (secondary N) is 1. The third kappa shape index (κ3) is 4.16. The molecule has 0 radical (unpaired) electrons. The Labute approximate surface area is 165 Å². The van der Waals surface area contributed by atoms with Crippen molar-refractivity contribution in [3.05, 3.63) is 23.0 Å². The van der Waals surface area contributed by atoms with Gasteiger partial charge in [0.1, 0.15) is 0 Å². The molecule has 152 valence electrons. The number of ether oxygens (including phenoxy) is 1. The summed E-state index contributed by atoms with van der Waals surface area (Å²) in [6.07, 6.45) is 2.17. The average molecular weight is 387 g/mol. The van der Waals surface area contributed by atoms with Gasteiger partial charge in [-0.05, 0) is 39.2 Å². The second-order valence-corrected chi connectivity index (χ2v) is 7.42. The van der Waals surface area contributed by atoms with Crippen LogP contribution >= 0.6 is 0 Å². The average Bonchev–Trinajstić information content (AvgIpc) is 2.97. The maximum Gasteiger partial charge on any atom is 0.254 e. The quantitative estimate of drug-likeness (QED) is 0.761. The van der Waals surface area contributed by atoms with E-state index in [0.717, 1.165) is 28.8 Å². The first-order valence-electron chi connectivity index (χ1n) is 9.79. The van der Waals surface area contributed by atoms with E-state index in [9.17, 15) is 9.59 Å². The number of fused-ring (bicyclic) bond motifs is 1. The molecule has 0 aromatic carbocycles. The number of pyridine rings is 1. The van der Waals surface area contributed by atoms with Crippen LogP contribution in [0.15, 0.2) is 6.07 Å².